The normalized spacial score (nSPS) is 14.5. The molecule has 0 fully saturated rings. The maximum absolute atomic E-state index is 13.1. The number of esters is 3. The summed E-state index contributed by atoms with van der Waals surface area (Å²) in [5.74, 6) is -1.58. The van der Waals surface area contributed by atoms with Crippen LogP contribution >= 0.6 is 15.6 Å². The number of carbonyl (C=O) groups excluding carboxylic acids is 4. The molecule has 17 nitrogen and oxygen atoms in total. The van der Waals surface area contributed by atoms with Crippen molar-refractivity contribution in [3.8, 4) is 0 Å². The fraction of sp³-hybridized carbons (Fsp3) is 0.728. The second-order valence-electron chi connectivity index (χ2n) is 25.9. The van der Waals surface area contributed by atoms with E-state index in [1.807, 2.05) is 18.2 Å². The Morgan fingerprint density at radius 3 is 1.00 bits per heavy atom. The van der Waals surface area contributed by atoms with Gasteiger partial charge < -0.3 is 38.6 Å². The predicted octanol–water partition coefficient (Wildman–Crippen LogP) is 22.2. The lowest BCUT2D eigenvalue weighted by Gasteiger charge is -2.21. The first-order valence-corrected chi connectivity index (χ1v) is 42.1. The second kappa shape index (κ2) is 74.6. The zero-order chi connectivity index (χ0) is 73.0. The van der Waals surface area contributed by atoms with Gasteiger partial charge in [-0.25, -0.2) is 9.13 Å². The van der Waals surface area contributed by atoms with Crippen LogP contribution in [0.4, 0.5) is 0 Å². The van der Waals surface area contributed by atoms with Crippen LogP contribution < -0.4 is 0 Å². The maximum atomic E-state index is 13.1. The highest BCUT2D eigenvalue weighted by atomic mass is 31.2. The van der Waals surface area contributed by atoms with Crippen molar-refractivity contribution >= 4 is 39.8 Å². The fourth-order valence-electron chi connectivity index (χ4n) is 10.2. The minimum Gasteiger partial charge on any atom is -0.463 e. The number of aldehydes is 1. The van der Waals surface area contributed by atoms with Crippen molar-refractivity contribution in [1.29, 1.82) is 0 Å². The molecule has 5 atom stereocenters. The Hall–Kier alpha value is -4.12. The van der Waals surface area contributed by atoms with Crippen molar-refractivity contribution in [2.75, 3.05) is 46.2 Å². The van der Waals surface area contributed by atoms with Crippen molar-refractivity contribution in [3.63, 3.8) is 0 Å². The van der Waals surface area contributed by atoms with Crippen molar-refractivity contribution < 1.29 is 80.2 Å². The first-order chi connectivity index (χ1) is 48.8. The zero-order valence-corrected chi connectivity index (χ0v) is 64.4. The van der Waals surface area contributed by atoms with Gasteiger partial charge >= 0.3 is 33.6 Å². The average Bonchev–Trinajstić information content (AvgIpc) is 0.940. The standard InChI is InChI=1S/C81H140O17P2/c1-4-7-10-13-16-19-22-25-27-29-31-36-40-45-50-55-60-65-79(84)92-72-77(91-69-64-59-54-49-44-39-34-33-38-43-48-53-58-63-68-82)74-96-99(87,88)94-70-76(83)71-95-100(89,90)97-75-78(98-81(86)67-62-57-52-47-42-35-24-21-18-15-12-9-6-3)73-93-80(85)66-61-56-51-46-41-37-32-30-28-26-23-20-17-14-11-8-5-2/h16-17,19-20,25-28,31-34,36-37,45-46,50-51,68,76-78,83H,4-15,18,21-24,29-30,35,38-44,47-49,52-67,69-75H2,1-3H3,(H,87,88)(H,89,90)/b19-16-,20-17-,27-25-,28-26-,34-33-,36-31-,37-32-,50-45-,51-46-/t76-,77-,78-/m1/s1. The third kappa shape index (κ3) is 73.6. The van der Waals surface area contributed by atoms with Gasteiger partial charge in [-0.1, -0.05) is 265 Å². The number of aliphatic hydroxyl groups excluding tert-OH is 1. The maximum Gasteiger partial charge on any atom is 0.472 e. The van der Waals surface area contributed by atoms with E-state index in [9.17, 15) is 43.2 Å². The molecule has 0 aliphatic rings. The van der Waals surface area contributed by atoms with E-state index in [-0.39, 0.29) is 32.5 Å². The molecule has 19 heteroatoms. The highest BCUT2D eigenvalue weighted by Crippen LogP contribution is 2.45. The SMILES string of the molecule is CCCCC/C=C\C/C=C\C/C=C\C/C=C\CCCC(=O)OC[C@H](COP(=O)(O)OC[C@@H](O)COP(=O)(O)OC[C@@H](COC(=O)CCC/C=C\C/C=C\C/C=C\C/C=C\CCCCC)OC(=O)CCCCCCCCCCCCCCC)OCCCCCCC/C=C\CCCCCCC=O. The first kappa shape index (κ1) is 95.9. The molecule has 0 rings (SSSR count). The van der Waals surface area contributed by atoms with Gasteiger partial charge in [-0.15, -0.1) is 0 Å². The lowest BCUT2D eigenvalue weighted by molar-refractivity contribution is -0.161. The third-order valence-electron chi connectivity index (χ3n) is 16.2. The van der Waals surface area contributed by atoms with Gasteiger partial charge in [-0.05, 0) is 135 Å². The number of allylic oxidation sites excluding steroid dienone is 18. The summed E-state index contributed by atoms with van der Waals surface area (Å²) < 4.78 is 69.1. The summed E-state index contributed by atoms with van der Waals surface area (Å²) in [6, 6.07) is 0. The predicted molar refractivity (Wildman–Crippen MR) is 409 cm³/mol. The average molecular weight is 1450 g/mol. The number of ether oxygens (including phenoxy) is 4. The van der Waals surface area contributed by atoms with E-state index in [1.165, 1.54) is 89.9 Å². The molecule has 0 amide bonds. The molecule has 0 radical (unpaired) electrons. The van der Waals surface area contributed by atoms with E-state index < -0.39 is 84.9 Å². The summed E-state index contributed by atoms with van der Waals surface area (Å²) in [6.45, 7) is 3.33. The quantitative estimate of drug-likeness (QED) is 0.0128. The van der Waals surface area contributed by atoms with E-state index in [0.29, 0.717) is 44.9 Å². The van der Waals surface area contributed by atoms with Crippen molar-refractivity contribution in [1.82, 2.24) is 0 Å². The molecular weight excluding hydrogens is 1310 g/mol. The molecule has 0 aromatic heterocycles. The van der Waals surface area contributed by atoms with Crippen LogP contribution in [0.2, 0.25) is 0 Å². The van der Waals surface area contributed by atoms with Crippen molar-refractivity contribution in [3.05, 3.63) is 109 Å². The molecule has 0 heterocycles. The Balaban J connectivity index is 5.36. The van der Waals surface area contributed by atoms with Gasteiger partial charge in [0.25, 0.3) is 0 Å². The largest absolute Gasteiger partial charge is 0.472 e. The van der Waals surface area contributed by atoms with Gasteiger partial charge in [-0.2, -0.15) is 0 Å². The van der Waals surface area contributed by atoms with Gasteiger partial charge in [0.1, 0.15) is 31.7 Å². The van der Waals surface area contributed by atoms with E-state index in [0.717, 1.165) is 148 Å². The first-order valence-electron chi connectivity index (χ1n) is 39.1. The molecule has 0 aliphatic carbocycles. The van der Waals surface area contributed by atoms with Crippen LogP contribution in [0.5, 0.6) is 0 Å². The van der Waals surface area contributed by atoms with Gasteiger partial charge in [0.05, 0.1) is 26.4 Å². The van der Waals surface area contributed by atoms with E-state index in [1.54, 1.807) is 0 Å². The van der Waals surface area contributed by atoms with E-state index in [4.69, 9.17) is 37.0 Å². The number of rotatable bonds is 75. The van der Waals surface area contributed by atoms with Crippen LogP contribution in [0.1, 0.15) is 316 Å². The minimum atomic E-state index is -4.96. The van der Waals surface area contributed by atoms with Gasteiger partial charge in [0.2, 0.25) is 0 Å². The summed E-state index contributed by atoms with van der Waals surface area (Å²) in [6.07, 6.45) is 80.1. The smallest absolute Gasteiger partial charge is 0.463 e. The Labute approximate surface area is 607 Å². The summed E-state index contributed by atoms with van der Waals surface area (Å²) in [4.78, 5) is 70.3. The molecule has 576 valence electrons. The number of carbonyl (C=O) groups is 4. The summed E-state index contributed by atoms with van der Waals surface area (Å²) in [5, 5.41) is 10.6. The van der Waals surface area contributed by atoms with Gasteiger partial charge in [0, 0.05) is 32.3 Å². The number of hydrogen-bond donors (Lipinski definition) is 3. The van der Waals surface area contributed by atoms with E-state index in [2.05, 4.69) is 112 Å². The monoisotopic (exact) mass is 1450 g/mol. The molecule has 0 saturated carbocycles. The molecule has 100 heavy (non-hydrogen) atoms. The Morgan fingerprint density at radius 1 is 0.320 bits per heavy atom. The number of phosphoric acid groups is 2. The lowest BCUT2D eigenvalue weighted by Crippen LogP contribution is -2.30. The molecule has 0 saturated heterocycles. The molecule has 0 aliphatic heterocycles. The summed E-state index contributed by atoms with van der Waals surface area (Å²) >= 11 is 0. The molecule has 0 aromatic carbocycles. The Bertz CT molecular complexity index is 2290. The summed E-state index contributed by atoms with van der Waals surface area (Å²) in [5.41, 5.74) is 0. The topological polar surface area (TPSA) is 237 Å². The van der Waals surface area contributed by atoms with Crippen LogP contribution in [-0.2, 0) is 65.4 Å². The summed E-state index contributed by atoms with van der Waals surface area (Å²) in [7, 11) is -9.83. The van der Waals surface area contributed by atoms with Crippen LogP contribution in [0.25, 0.3) is 0 Å². The fourth-order valence-corrected chi connectivity index (χ4v) is 11.8. The molecule has 0 spiro atoms. The molecule has 3 N–H and O–H groups in total. The Kier molecular flexibility index (Phi) is 71.5. The number of aliphatic hydroxyl groups is 1. The minimum absolute atomic E-state index is 0.0950. The second-order valence-corrected chi connectivity index (χ2v) is 28.8. The zero-order valence-electron chi connectivity index (χ0n) is 62.6. The highest BCUT2D eigenvalue weighted by molar-refractivity contribution is 7.47. The third-order valence-corrected chi connectivity index (χ3v) is 18.1. The number of phosphoric ester groups is 2. The molecule has 0 bridgehead atoms. The molecule has 0 aromatic rings. The Morgan fingerprint density at radius 2 is 0.600 bits per heavy atom. The highest BCUT2D eigenvalue weighted by Gasteiger charge is 2.30. The van der Waals surface area contributed by atoms with Crippen molar-refractivity contribution in [2.45, 2.75) is 334 Å². The lowest BCUT2D eigenvalue weighted by atomic mass is 10.0. The number of unbranched alkanes of at least 4 members (excludes halogenated alkanes) is 30. The van der Waals surface area contributed by atoms with Crippen LogP contribution in [0.3, 0.4) is 0 Å². The molecular formula is C81H140O17P2. The molecule has 2 unspecified atom stereocenters. The van der Waals surface area contributed by atoms with Crippen molar-refractivity contribution in [2.24, 2.45) is 0 Å². The number of hydrogen-bond acceptors (Lipinski definition) is 15. The van der Waals surface area contributed by atoms with E-state index >= 15 is 0 Å². The van der Waals surface area contributed by atoms with Gasteiger partial charge in [0.15, 0.2) is 6.10 Å². The van der Waals surface area contributed by atoms with Gasteiger partial charge in [-0.3, -0.25) is 32.5 Å². The van der Waals surface area contributed by atoms with Crippen LogP contribution in [0.15, 0.2) is 109 Å². The van der Waals surface area contributed by atoms with Crippen LogP contribution in [-0.4, -0.2) is 104 Å². The van der Waals surface area contributed by atoms with Crippen LogP contribution in [0, 0.1) is 0 Å².